The zero-order valence-corrected chi connectivity index (χ0v) is 18.6. The van der Waals surface area contributed by atoms with Crippen LogP contribution >= 0.6 is 7.82 Å². The minimum atomic E-state index is -4.62. The lowest BCUT2D eigenvalue weighted by Crippen LogP contribution is -2.23. The summed E-state index contributed by atoms with van der Waals surface area (Å²) >= 11 is 0. The number of ether oxygens (including phenoxy) is 1. The number of hydrogen-bond donors (Lipinski definition) is 3. The predicted octanol–water partition coefficient (Wildman–Crippen LogP) is 4.81. The highest BCUT2D eigenvalue weighted by atomic mass is 31.2. The Balaban J connectivity index is 3.44. The number of carbonyl (C=O) groups excluding carboxylic acids is 1. The first-order valence-corrected chi connectivity index (χ1v) is 12.2. The lowest BCUT2D eigenvalue weighted by molar-refractivity contribution is -0.147. The summed E-state index contributed by atoms with van der Waals surface area (Å²) in [6, 6.07) is 0. The molecular weight excluding hydrogens is 395 g/mol. The van der Waals surface area contributed by atoms with Gasteiger partial charge in [0.1, 0.15) is 12.7 Å². The molecule has 0 rings (SSSR count). The minimum absolute atomic E-state index is 0.274. The summed E-state index contributed by atoms with van der Waals surface area (Å²) in [4.78, 5) is 28.6. The van der Waals surface area contributed by atoms with E-state index in [4.69, 9.17) is 14.5 Å². The molecule has 0 fully saturated rings. The molecular formula is C21H39O7P. The van der Waals surface area contributed by atoms with Crippen LogP contribution in [0.2, 0.25) is 0 Å². The third-order valence-corrected chi connectivity index (χ3v) is 4.69. The normalized spacial score (nSPS) is 13.4. The zero-order chi connectivity index (χ0) is 21.8. The summed E-state index contributed by atoms with van der Waals surface area (Å²) in [6.07, 6.45) is 20.1. The maximum atomic E-state index is 11.5. The quantitative estimate of drug-likeness (QED) is 0.116. The van der Waals surface area contributed by atoms with E-state index in [0.717, 1.165) is 44.9 Å². The Kier molecular flexibility index (Phi) is 18.4. The van der Waals surface area contributed by atoms with E-state index in [-0.39, 0.29) is 13.0 Å². The van der Waals surface area contributed by atoms with E-state index in [1.807, 2.05) is 0 Å². The van der Waals surface area contributed by atoms with Crippen LogP contribution in [-0.4, -0.2) is 40.2 Å². The Hall–Kier alpha value is -0.980. The Labute approximate surface area is 175 Å². The van der Waals surface area contributed by atoms with Gasteiger partial charge in [-0.05, 0) is 38.5 Å². The average molecular weight is 435 g/mol. The zero-order valence-electron chi connectivity index (χ0n) is 17.7. The van der Waals surface area contributed by atoms with Crippen molar-refractivity contribution in [2.24, 2.45) is 0 Å². The van der Waals surface area contributed by atoms with Gasteiger partial charge in [0.2, 0.25) is 0 Å². The van der Waals surface area contributed by atoms with Crippen LogP contribution in [-0.2, 0) is 18.6 Å². The van der Waals surface area contributed by atoms with E-state index in [1.54, 1.807) is 0 Å². The number of esters is 1. The van der Waals surface area contributed by atoms with E-state index in [9.17, 15) is 14.5 Å². The number of aliphatic hydroxyl groups excluding tert-OH is 1. The van der Waals surface area contributed by atoms with Gasteiger partial charge in [-0.1, -0.05) is 63.3 Å². The molecule has 0 unspecified atom stereocenters. The second-order valence-electron chi connectivity index (χ2n) is 7.10. The molecule has 3 N–H and O–H groups in total. The Bertz CT molecular complexity index is 499. The van der Waals surface area contributed by atoms with Crippen molar-refractivity contribution >= 4 is 13.8 Å². The van der Waals surface area contributed by atoms with Gasteiger partial charge in [0.25, 0.3) is 0 Å². The van der Waals surface area contributed by atoms with Crippen molar-refractivity contribution in [2.45, 2.75) is 90.1 Å². The van der Waals surface area contributed by atoms with E-state index in [0.29, 0.717) is 0 Å². The third-order valence-electron chi connectivity index (χ3n) is 4.20. The molecule has 0 aliphatic heterocycles. The van der Waals surface area contributed by atoms with Crippen LogP contribution in [0.1, 0.15) is 84.0 Å². The first kappa shape index (κ1) is 28.0. The first-order valence-electron chi connectivity index (χ1n) is 10.7. The van der Waals surface area contributed by atoms with E-state index in [1.165, 1.54) is 25.7 Å². The van der Waals surface area contributed by atoms with Gasteiger partial charge < -0.3 is 19.6 Å². The molecule has 0 spiro atoms. The van der Waals surface area contributed by atoms with E-state index >= 15 is 0 Å². The fourth-order valence-corrected chi connectivity index (χ4v) is 2.94. The largest absolute Gasteiger partial charge is 0.469 e. The molecule has 0 aromatic rings. The number of rotatable bonds is 19. The summed E-state index contributed by atoms with van der Waals surface area (Å²) in [5.74, 6) is -0.425. The molecule has 0 saturated carbocycles. The topological polar surface area (TPSA) is 113 Å². The van der Waals surface area contributed by atoms with Gasteiger partial charge in [0, 0.05) is 6.42 Å². The number of allylic oxidation sites excluding steroid dienone is 4. The number of carbonyl (C=O) groups is 1. The molecule has 0 aromatic carbocycles. The number of phosphoric ester groups is 1. The Morgan fingerprint density at radius 1 is 0.897 bits per heavy atom. The summed E-state index contributed by atoms with van der Waals surface area (Å²) in [5, 5.41) is 9.41. The van der Waals surface area contributed by atoms with Crippen molar-refractivity contribution in [1.82, 2.24) is 0 Å². The summed E-state index contributed by atoms with van der Waals surface area (Å²) in [6.45, 7) is 1.30. The van der Waals surface area contributed by atoms with Crippen LogP contribution in [0.3, 0.4) is 0 Å². The maximum Gasteiger partial charge on any atom is 0.469 e. The molecule has 29 heavy (non-hydrogen) atoms. The molecule has 0 bridgehead atoms. The number of hydrogen-bond acceptors (Lipinski definition) is 5. The van der Waals surface area contributed by atoms with Crippen molar-refractivity contribution in [3.63, 3.8) is 0 Å². The Morgan fingerprint density at radius 3 is 2.10 bits per heavy atom. The minimum Gasteiger partial charge on any atom is -0.463 e. The summed E-state index contributed by atoms with van der Waals surface area (Å²) in [7, 11) is -4.62. The van der Waals surface area contributed by atoms with Crippen LogP contribution < -0.4 is 0 Å². The SMILES string of the molecule is CCCCC/C=C/C/C=C/CCCCCCCC(=O)OC[C@@H](O)COP(=O)(O)O. The van der Waals surface area contributed by atoms with Gasteiger partial charge in [-0.15, -0.1) is 0 Å². The summed E-state index contributed by atoms with van der Waals surface area (Å²) in [5.41, 5.74) is 0. The van der Waals surface area contributed by atoms with Gasteiger partial charge in [-0.25, -0.2) is 4.57 Å². The van der Waals surface area contributed by atoms with Gasteiger partial charge in [0.05, 0.1) is 6.61 Å². The molecule has 0 aliphatic carbocycles. The molecule has 8 heteroatoms. The van der Waals surface area contributed by atoms with Crippen LogP contribution in [0.5, 0.6) is 0 Å². The van der Waals surface area contributed by atoms with Crippen LogP contribution in [0.15, 0.2) is 24.3 Å². The van der Waals surface area contributed by atoms with Crippen molar-refractivity contribution in [2.75, 3.05) is 13.2 Å². The highest BCUT2D eigenvalue weighted by Gasteiger charge is 2.17. The predicted molar refractivity (Wildman–Crippen MR) is 114 cm³/mol. The van der Waals surface area contributed by atoms with Gasteiger partial charge in [0.15, 0.2) is 0 Å². The molecule has 0 amide bonds. The lowest BCUT2D eigenvalue weighted by Gasteiger charge is -2.12. The molecule has 1 atom stereocenters. The number of phosphoric acid groups is 1. The van der Waals surface area contributed by atoms with E-state index < -0.39 is 26.5 Å². The van der Waals surface area contributed by atoms with Crippen molar-refractivity contribution < 1.29 is 33.5 Å². The second-order valence-corrected chi connectivity index (χ2v) is 8.34. The average Bonchev–Trinajstić information content (AvgIpc) is 2.67. The molecule has 0 aromatic heterocycles. The molecule has 7 nitrogen and oxygen atoms in total. The lowest BCUT2D eigenvalue weighted by atomic mass is 10.1. The standard InChI is InChI=1S/C21H39O7P/c1-2-3-4-5-6-7-8-9-10-11-12-13-14-15-16-17-21(23)27-18-20(22)19-28-29(24,25)26/h6-7,9-10,20,22H,2-5,8,11-19H2,1H3,(H2,24,25,26)/b7-6+,10-9+/t20-/m1/s1. The van der Waals surface area contributed by atoms with Gasteiger partial charge in [-0.2, -0.15) is 0 Å². The fraction of sp³-hybridized carbons (Fsp3) is 0.762. The molecule has 0 radical (unpaired) electrons. The summed E-state index contributed by atoms with van der Waals surface area (Å²) < 4.78 is 19.5. The van der Waals surface area contributed by atoms with Gasteiger partial charge >= 0.3 is 13.8 Å². The highest BCUT2D eigenvalue weighted by Crippen LogP contribution is 2.35. The van der Waals surface area contributed by atoms with Crippen molar-refractivity contribution in [1.29, 1.82) is 0 Å². The van der Waals surface area contributed by atoms with Crippen LogP contribution in [0.25, 0.3) is 0 Å². The van der Waals surface area contributed by atoms with E-state index in [2.05, 4.69) is 35.8 Å². The van der Waals surface area contributed by atoms with Gasteiger partial charge in [-0.3, -0.25) is 9.32 Å². The molecule has 0 heterocycles. The highest BCUT2D eigenvalue weighted by molar-refractivity contribution is 7.46. The molecule has 0 aliphatic rings. The monoisotopic (exact) mass is 434 g/mol. The van der Waals surface area contributed by atoms with Crippen molar-refractivity contribution in [3.8, 4) is 0 Å². The first-order chi connectivity index (χ1) is 13.8. The van der Waals surface area contributed by atoms with Crippen molar-refractivity contribution in [3.05, 3.63) is 24.3 Å². The maximum absolute atomic E-state index is 11.5. The fourth-order valence-electron chi connectivity index (χ4n) is 2.57. The smallest absolute Gasteiger partial charge is 0.463 e. The molecule has 170 valence electrons. The third kappa shape index (κ3) is 23.2. The number of aliphatic hydroxyl groups is 1. The second kappa shape index (κ2) is 19.0. The van der Waals surface area contributed by atoms with Crippen LogP contribution in [0, 0.1) is 0 Å². The Morgan fingerprint density at radius 2 is 1.48 bits per heavy atom. The molecule has 0 saturated heterocycles. The van der Waals surface area contributed by atoms with Crippen LogP contribution in [0.4, 0.5) is 0 Å². The number of unbranched alkanes of at least 4 members (excludes halogenated alkanes) is 8.